The molecule has 150 valence electrons. The second-order valence-electron chi connectivity index (χ2n) is 7.11. The topological polar surface area (TPSA) is 52.6 Å². The van der Waals surface area contributed by atoms with Gasteiger partial charge < -0.3 is 9.47 Å². The Balaban J connectivity index is 1.57. The van der Waals surface area contributed by atoms with Crippen molar-refractivity contribution < 1.29 is 19.1 Å². The number of rotatable bonds is 4. The van der Waals surface area contributed by atoms with E-state index in [4.69, 9.17) is 21.1 Å². The molecule has 0 saturated carbocycles. The van der Waals surface area contributed by atoms with E-state index >= 15 is 0 Å². The number of hydrogen-bond donors (Lipinski definition) is 0. The highest BCUT2D eigenvalue weighted by Crippen LogP contribution is 2.39. The van der Waals surface area contributed by atoms with Crippen LogP contribution in [0.25, 0.3) is 6.08 Å². The van der Waals surface area contributed by atoms with Gasteiger partial charge in [0.15, 0.2) is 11.1 Å². The van der Waals surface area contributed by atoms with Crippen LogP contribution in [0.3, 0.4) is 0 Å². The van der Waals surface area contributed by atoms with Crippen molar-refractivity contribution >= 4 is 29.4 Å². The van der Waals surface area contributed by atoms with Crippen LogP contribution in [0.1, 0.15) is 38.0 Å². The monoisotopic (exact) mass is 418 g/mol. The first kappa shape index (κ1) is 19.9. The molecule has 0 bridgehead atoms. The van der Waals surface area contributed by atoms with Crippen molar-refractivity contribution in [2.24, 2.45) is 0 Å². The fraction of sp³-hybridized carbons (Fsp3) is 0.120. The van der Waals surface area contributed by atoms with Gasteiger partial charge in [0.25, 0.3) is 0 Å². The number of ether oxygens (including phenoxy) is 2. The van der Waals surface area contributed by atoms with Crippen molar-refractivity contribution in [1.82, 2.24) is 0 Å². The van der Waals surface area contributed by atoms with Gasteiger partial charge in [-0.1, -0.05) is 60.2 Å². The molecule has 4 nitrogen and oxygen atoms in total. The molecule has 0 amide bonds. The third-order valence-corrected chi connectivity index (χ3v) is 5.35. The molecular formula is C25H19ClO4. The number of ketones is 1. The van der Waals surface area contributed by atoms with E-state index in [0.717, 1.165) is 11.1 Å². The van der Waals surface area contributed by atoms with Crippen LogP contribution in [0, 0.1) is 13.8 Å². The molecule has 4 rings (SSSR count). The van der Waals surface area contributed by atoms with E-state index in [-0.39, 0.29) is 11.5 Å². The molecule has 0 saturated heterocycles. The molecule has 1 aliphatic heterocycles. The highest BCUT2D eigenvalue weighted by atomic mass is 35.5. The average Bonchev–Trinajstić information content (AvgIpc) is 3.08. The lowest BCUT2D eigenvalue weighted by atomic mass is 10.1. The molecule has 5 heteroatoms. The van der Waals surface area contributed by atoms with Gasteiger partial charge in [0.2, 0.25) is 5.78 Å². The van der Waals surface area contributed by atoms with Crippen molar-refractivity contribution in [1.29, 1.82) is 0 Å². The van der Waals surface area contributed by atoms with Gasteiger partial charge in [0, 0.05) is 5.56 Å². The average molecular weight is 419 g/mol. The molecular weight excluding hydrogens is 400 g/mol. The first-order valence-electron chi connectivity index (χ1n) is 9.49. The van der Waals surface area contributed by atoms with Crippen LogP contribution >= 0.6 is 11.6 Å². The Bertz CT molecular complexity index is 1150. The quantitative estimate of drug-likeness (QED) is 0.232. The molecule has 0 radical (unpaired) electrons. The summed E-state index contributed by atoms with van der Waals surface area (Å²) < 4.78 is 11.3. The zero-order valence-electron chi connectivity index (χ0n) is 16.5. The van der Waals surface area contributed by atoms with Crippen molar-refractivity contribution in [3.63, 3.8) is 0 Å². The first-order chi connectivity index (χ1) is 14.4. The van der Waals surface area contributed by atoms with E-state index in [1.807, 2.05) is 37.3 Å². The van der Waals surface area contributed by atoms with E-state index in [0.29, 0.717) is 28.2 Å². The molecule has 0 aromatic heterocycles. The van der Waals surface area contributed by atoms with Gasteiger partial charge in [-0.3, -0.25) is 4.79 Å². The highest BCUT2D eigenvalue weighted by molar-refractivity contribution is 6.30. The van der Waals surface area contributed by atoms with Crippen LogP contribution < -0.4 is 9.47 Å². The summed E-state index contributed by atoms with van der Waals surface area (Å²) in [6.07, 6.45) is 1.71. The van der Waals surface area contributed by atoms with Gasteiger partial charge in [-0.05, 0) is 43.2 Å². The number of halogens is 1. The van der Waals surface area contributed by atoms with Crippen LogP contribution in [0.2, 0.25) is 0 Å². The molecule has 1 unspecified atom stereocenters. The standard InChI is InChI=1S/C25H19ClO4/c1-15-8-10-17(11-9-15)14-21-23(27)19-12-13-20(16(2)24(19)29-21)30-25(28)22(26)18-6-4-3-5-7-18/h3-14,22H,1-2H3/b21-14-. The minimum atomic E-state index is -0.932. The van der Waals surface area contributed by atoms with Crippen LogP contribution in [0.15, 0.2) is 72.5 Å². The summed E-state index contributed by atoms with van der Waals surface area (Å²) in [4.78, 5) is 25.2. The second-order valence-corrected chi connectivity index (χ2v) is 7.55. The lowest BCUT2D eigenvalue weighted by Gasteiger charge is -2.13. The summed E-state index contributed by atoms with van der Waals surface area (Å²) in [5.74, 6) is 0.149. The zero-order chi connectivity index (χ0) is 21.3. The van der Waals surface area contributed by atoms with Crippen molar-refractivity contribution in [2.45, 2.75) is 19.2 Å². The van der Waals surface area contributed by atoms with Gasteiger partial charge in [-0.15, -0.1) is 11.6 Å². The number of aryl methyl sites for hydroxylation is 1. The van der Waals surface area contributed by atoms with E-state index < -0.39 is 11.3 Å². The molecule has 3 aromatic carbocycles. The number of benzene rings is 3. The van der Waals surface area contributed by atoms with Crippen LogP contribution in [0.4, 0.5) is 0 Å². The number of esters is 1. The van der Waals surface area contributed by atoms with Crippen LogP contribution in [-0.4, -0.2) is 11.8 Å². The zero-order valence-corrected chi connectivity index (χ0v) is 17.3. The van der Waals surface area contributed by atoms with Gasteiger partial charge in [-0.2, -0.15) is 0 Å². The molecule has 1 aliphatic rings. The minimum Gasteiger partial charge on any atom is -0.452 e. The molecule has 0 N–H and O–H groups in total. The molecule has 0 aliphatic carbocycles. The molecule has 3 aromatic rings. The highest BCUT2D eigenvalue weighted by Gasteiger charge is 2.31. The Morgan fingerprint density at radius 1 is 1.00 bits per heavy atom. The maximum Gasteiger partial charge on any atom is 0.334 e. The Hall–Kier alpha value is -3.37. The fourth-order valence-electron chi connectivity index (χ4n) is 3.21. The lowest BCUT2D eigenvalue weighted by molar-refractivity contribution is -0.134. The Morgan fingerprint density at radius 3 is 2.40 bits per heavy atom. The van der Waals surface area contributed by atoms with E-state index in [1.54, 1.807) is 49.4 Å². The normalized spacial score (nSPS) is 14.9. The van der Waals surface area contributed by atoms with Gasteiger partial charge in [-0.25, -0.2) is 4.79 Å². The molecule has 0 spiro atoms. The number of Topliss-reactive ketones (excluding diaryl/α,β-unsaturated/α-hetero) is 1. The number of alkyl halides is 1. The molecule has 30 heavy (non-hydrogen) atoms. The Labute approximate surface area is 179 Å². The first-order valence-corrected chi connectivity index (χ1v) is 9.93. The maximum atomic E-state index is 12.7. The van der Waals surface area contributed by atoms with Crippen molar-refractivity contribution in [3.8, 4) is 11.5 Å². The smallest absolute Gasteiger partial charge is 0.334 e. The van der Waals surface area contributed by atoms with Gasteiger partial charge in [0.1, 0.15) is 11.5 Å². The van der Waals surface area contributed by atoms with Crippen molar-refractivity contribution in [3.05, 3.63) is 100 Å². The SMILES string of the molecule is Cc1ccc(/C=C2\Oc3c(ccc(OC(=O)C(Cl)c4ccccc4)c3C)C2=O)cc1. The van der Waals surface area contributed by atoms with Gasteiger partial charge >= 0.3 is 5.97 Å². The summed E-state index contributed by atoms with van der Waals surface area (Å²) in [6, 6.07) is 20.0. The molecule has 0 fully saturated rings. The van der Waals surface area contributed by atoms with Crippen molar-refractivity contribution in [2.75, 3.05) is 0 Å². The summed E-state index contributed by atoms with van der Waals surface area (Å²) in [5, 5.41) is -0.932. The van der Waals surface area contributed by atoms with E-state index in [9.17, 15) is 9.59 Å². The number of hydrogen-bond acceptors (Lipinski definition) is 4. The number of carbonyl (C=O) groups is 2. The van der Waals surface area contributed by atoms with Crippen LogP contribution in [0.5, 0.6) is 11.5 Å². The Morgan fingerprint density at radius 2 is 1.70 bits per heavy atom. The summed E-state index contributed by atoms with van der Waals surface area (Å²) >= 11 is 6.25. The lowest BCUT2D eigenvalue weighted by Crippen LogP contribution is -2.15. The van der Waals surface area contributed by atoms with E-state index in [2.05, 4.69) is 0 Å². The van der Waals surface area contributed by atoms with Crippen LogP contribution in [-0.2, 0) is 4.79 Å². The number of allylic oxidation sites excluding steroid dienone is 1. The van der Waals surface area contributed by atoms with Gasteiger partial charge in [0.05, 0.1) is 5.56 Å². The van der Waals surface area contributed by atoms with E-state index in [1.165, 1.54) is 0 Å². The predicted octanol–water partition coefficient (Wildman–Crippen LogP) is 5.81. The number of fused-ring (bicyclic) bond motifs is 1. The third-order valence-electron chi connectivity index (χ3n) is 4.92. The Kier molecular flexibility index (Phi) is 5.42. The molecule has 1 atom stereocenters. The minimum absolute atomic E-state index is 0.203. The summed E-state index contributed by atoms with van der Waals surface area (Å²) in [7, 11) is 0. The number of carbonyl (C=O) groups excluding carboxylic acids is 2. The predicted molar refractivity (Wildman–Crippen MR) is 116 cm³/mol. The second kappa shape index (κ2) is 8.17. The summed E-state index contributed by atoms with van der Waals surface area (Å²) in [5.41, 5.74) is 3.66. The fourth-order valence-corrected chi connectivity index (χ4v) is 3.40. The third kappa shape index (κ3) is 3.87. The molecule has 1 heterocycles. The summed E-state index contributed by atoms with van der Waals surface area (Å²) in [6.45, 7) is 3.74. The largest absolute Gasteiger partial charge is 0.452 e. The maximum absolute atomic E-state index is 12.7.